The molecule has 5 nitrogen and oxygen atoms in total. The number of likely N-dealkylation sites (tertiary alicyclic amines) is 1. The van der Waals surface area contributed by atoms with Crippen molar-refractivity contribution in [1.82, 2.24) is 15.1 Å². The lowest BCUT2D eigenvalue weighted by atomic mass is 9.95. The SMILES string of the molecule is NCCN1CCC(C(=O)N2CCNCC2)CC1. The largest absolute Gasteiger partial charge is 0.340 e. The normalized spacial score (nSPS) is 23.9. The van der Waals surface area contributed by atoms with E-state index < -0.39 is 0 Å². The van der Waals surface area contributed by atoms with Crippen molar-refractivity contribution in [3.63, 3.8) is 0 Å². The summed E-state index contributed by atoms with van der Waals surface area (Å²) in [7, 11) is 0. The van der Waals surface area contributed by atoms with Gasteiger partial charge in [0.25, 0.3) is 0 Å². The Morgan fingerprint density at radius 3 is 2.41 bits per heavy atom. The number of nitrogens with one attached hydrogen (secondary N) is 1. The van der Waals surface area contributed by atoms with Gasteiger partial charge in [0.2, 0.25) is 5.91 Å². The van der Waals surface area contributed by atoms with Gasteiger partial charge in [0.15, 0.2) is 0 Å². The molecule has 2 aliphatic heterocycles. The second-order valence-electron chi connectivity index (χ2n) is 4.98. The number of piperidine rings is 1. The molecule has 98 valence electrons. The standard InChI is InChI=1S/C12H24N4O/c13-3-8-15-6-1-11(2-7-15)12(17)16-9-4-14-5-10-16/h11,14H,1-10,13H2. The summed E-state index contributed by atoms with van der Waals surface area (Å²) in [4.78, 5) is 16.7. The van der Waals surface area contributed by atoms with E-state index in [0.717, 1.165) is 65.2 Å². The van der Waals surface area contributed by atoms with Crippen molar-refractivity contribution in [3.8, 4) is 0 Å². The van der Waals surface area contributed by atoms with Crippen LogP contribution in [0.15, 0.2) is 0 Å². The topological polar surface area (TPSA) is 61.6 Å². The average molecular weight is 240 g/mol. The fourth-order valence-electron chi connectivity index (χ4n) is 2.73. The van der Waals surface area contributed by atoms with Crippen molar-refractivity contribution in [2.75, 3.05) is 52.4 Å². The molecule has 0 aliphatic carbocycles. The summed E-state index contributed by atoms with van der Waals surface area (Å²) in [6.45, 7) is 7.38. The molecular weight excluding hydrogens is 216 g/mol. The predicted molar refractivity (Wildman–Crippen MR) is 67.7 cm³/mol. The average Bonchev–Trinajstić information content (AvgIpc) is 2.40. The molecule has 2 heterocycles. The summed E-state index contributed by atoms with van der Waals surface area (Å²) in [5, 5.41) is 3.28. The number of carbonyl (C=O) groups is 1. The van der Waals surface area contributed by atoms with Gasteiger partial charge >= 0.3 is 0 Å². The van der Waals surface area contributed by atoms with Crippen molar-refractivity contribution < 1.29 is 4.79 Å². The minimum Gasteiger partial charge on any atom is -0.340 e. The Hall–Kier alpha value is -0.650. The van der Waals surface area contributed by atoms with Gasteiger partial charge in [0.1, 0.15) is 0 Å². The Morgan fingerprint density at radius 1 is 1.18 bits per heavy atom. The lowest BCUT2D eigenvalue weighted by molar-refractivity contribution is -0.137. The lowest BCUT2D eigenvalue weighted by Gasteiger charge is -2.35. The monoisotopic (exact) mass is 240 g/mol. The number of nitrogens with two attached hydrogens (primary N) is 1. The molecule has 0 aromatic heterocycles. The van der Waals surface area contributed by atoms with Crippen LogP contribution in [0.3, 0.4) is 0 Å². The van der Waals surface area contributed by atoms with Gasteiger partial charge in [-0.05, 0) is 25.9 Å². The van der Waals surface area contributed by atoms with Gasteiger partial charge in [0, 0.05) is 45.2 Å². The van der Waals surface area contributed by atoms with Gasteiger partial charge in [0.05, 0.1) is 0 Å². The first-order valence-electron chi connectivity index (χ1n) is 6.73. The summed E-state index contributed by atoms with van der Waals surface area (Å²) >= 11 is 0. The van der Waals surface area contributed by atoms with Gasteiger partial charge in [-0.3, -0.25) is 4.79 Å². The van der Waals surface area contributed by atoms with Crippen LogP contribution in [0.4, 0.5) is 0 Å². The molecule has 2 saturated heterocycles. The zero-order valence-electron chi connectivity index (χ0n) is 10.5. The Balaban J connectivity index is 1.77. The second-order valence-corrected chi connectivity index (χ2v) is 4.98. The van der Waals surface area contributed by atoms with Crippen LogP contribution in [0.25, 0.3) is 0 Å². The minimum absolute atomic E-state index is 0.252. The number of amides is 1. The van der Waals surface area contributed by atoms with Crippen molar-refractivity contribution in [1.29, 1.82) is 0 Å². The van der Waals surface area contributed by atoms with E-state index in [1.807, 2.05) is 4.90 Å². The van der Waals surface area contributed by atoms with Gasteiger partial charge in [-0.15, -0.1) is 0 Å². The Labute approximate surface area is 103 Å². The van der Waals surface area contributed by atoms with Crippen LogP contribution in [0, 0.1) is 5.92 Å². The summed E-state index contributed by atoms with van der Waals surface area (Å²) in [6.07, 6.45) is 2.01. The molecule has 17 heavy (non-hydrogen) atoms. The van der Waals surface area contributed by atoms with E-state index in [0.29, 0.717) is 5.91 Å². The van der Waals surface area contributed by atoms with E-state index in [-0.39, 0.29) is 5.92 Å². The lowest BCUT2D eigenvalue weighted by Crippen LogP contribution is -2.50. The molecule has 0 spiro atoms. The highest BCUT2D eigenvalue weighted by Gasteiger charge is 2.28. The van der Waals surface area contributed by atoms with E-state index >= 15 is 0 Å². The van der Waals surface area contributed by atoms with Crippen LogP contribution in [-0.2, 0) is 4.79 Å². The third-order valence-electron chi connectivity index (χ3n) is 3.81. The molecule has 2 fully saturated rings. The molecule has 0 atom stereocenters. The molecule has 0 saturated carbocycles. The molecule has 0 bridgehead atoms. The van der Waals surface area contributed by atoms with Crippen molar-refractivity contribution in [3.05, 3.63) is 0 Å². The van der Waals surface area contributed by atoms with Gasteiger partial charge < -0.3 is 20.9 Å². The first-order valence-corrected chi connectivity index (χ1v) is 6.73. The zero-order chi connectivity index (χ0) is 12.1. The van der Waals surface area contributed by atoms with E-state index in [4.69, 9.17) is 5.73 Å². The first-order chi connectivity index (χ1) is 8.31. The maximum Gasteiger partial charge on any atom is 0.225 e. The Morgan fingerprint density at radius 2 is 1.82 bits per heavy atom. The highest BCUT2D eigenvalue weighted by molar-refractivity contribution is 5.79. The number of rotatable bonds is 3. The van der Waals surface area contributed by atoms with Crippen molar-refractivity contribution in [2.24, 2.45) is 11.7 Å². The van der Waals surface area contributed by atoms with E-state index in [1.165, 1.54) is 0 Å². The Bertz CT molecular complexity index is 245. The fraction of sp³-hybridized carbons (Fsp3) is 0.917. The summed E-state index contributed by atoms with van der Waals surface area (Å²) in [5.74, 6) is 0.626. The number of hydrogen-bond donors (Lipinski definition) is 2. The molecule has 2 rings (SSSR count). The highest BCUT2D eigenvalue weighted by atomic mass is 16.2. The summed E-state index contributed by atoms with van der Waals surface area (Å²) < 4.78 is 0. The summed E-state index contributed by atoms with van der Waals surface area (Å²) in [6, 6.07) is 0. The van der Waals surface area contributed by atoms with Crippen LogP contribution in [-0.4, -0.2) is 68.1 Å². The molecular formula is C12H24N4O. The predicted octanol–water partition coefficient (Wildman–Crippen LogP) is -0.911. The van der Waals surface area contributed by atoms with Crippen LogP contribution in [0.5, 0.6) is 0 Å². The Kier molecular flexibility index (Phi) is 4.76. The molecule has 0 aromatic carbocycles. The number of hydrogen-bond acceptors (Lipinski definition) is 4. The molecule has 0 aromatic rings. The highest BCUT2D eigenvalue weighted by Crippen LogP contribution is 2.19. The quantitative estimate of drug-likeness (QED) is 0.670. The minimum atomic E-state index is 0.252. The molecule has 1 amide bonds. The van der Waals surface area contributed by atoms with Crippen molar-refractivity contribution >= 4 is 5.91 Å². The van der Waals surface area contributed by atoms with Crippen molar-refractivity contribution in [2.45, 2.75) is 12.8 Å². The van der Waals surface area contributed by atoms with Gasteiger partial charge in [-0.2, -0.15) is 0 Å². The van der Waals surface area contributed by atoms with Gasteiger partial charge in [-0.25, -0.2) is 0 Å². The fourth-order valence-corrected chi connectivity index (χ4v) is 2.73. The number of nitrogens with zero attached hydrogens (tertiary/aromatic N) is 2. The first kappa shape index (κ1) is 12.8. The smallest absolute Gasteiger partial charge is 0.225 e. The van der Waals surface area contributed by atoms with Gasteiger partial charge in [-0.1, -0.05) is 0 Å². The molecule has 2 aliphatic rings. The molecule has 0 unspecified atom stereocenters. The third kappa shape index (κ3) is 3.40. The zero-order valence-corrected chi connectivity index (χ0v) is 10.5. The van der Waals surface area contributed by atoms with E-state index in [9.17, 15) is 4.79 Å². The van der Waals surface area contributed by atoms with Crippen LogP contribution in [0.2, 0.25) is 0 Å². The molecule has 3 N–H and O–H groups in total. The van der Waals surface area contributed by atoms with E-state index in [2.05, 4.69) is 10.2 Å². The maximum absolute atomic E-state index is 12.3. The van der Waals surface area contributed by atoms with Crippen LogP contribution < -0.4 is 11.1 Å². The number of piperazine rings is 1. The third-order valence-corrected chi connectivity index (χ3v) is 3.81. The summed E-state index contributed by atoms with van der Waals surface area (Å²) in [5.41, 5.74) is 5.55. The molecule has 5 heteroatoms. The molecule has 0 radical (unpaired) electrons. The number of carbonyl (C=O) groups excluding carboxylic acids is 1. The maximum atomic E-state index is 12.3. The van der Waals surface area contributed by atoms with Crippen LogP contribution in [0.1, 0.15) is 12.8 Å². The van der Waals surface area contributed by atoms with E-state index in [1.54, 1.807) is 0 Å². The second kappa shape index (κ2) is 6.33. The van der Waals surface area contributed by atoms with Crippen LogP contribution >= 0.6 is 0 Å².